The first kappa shape index (κ1) is 18.4. The average molecular weight is 374 g/mol. The van der Waals surface area contributed by atoms with Gasteiger partial charge >= 0.3 is 0 Å². The highest BCUT2D eigenvalue weighted by Gasteiger charge is 2.38. The van der Waals surface area contributed by atoms with Crippen LogP contribution in [0.4, 0.5) is 4.39 Å². The van der Waals surface area contributed by atoms with Crippen LogP contribution in [-0.2, 0) is 4.79 Å². The number of halogens is 1. The maximum atomic E-state index is 13.0. The molecule has 1 aliphatic carbocycles. The molecule has 1 saturated carbocycles. The lowest BCUT2D eigenvalue weighted by Crippen LogP contribution is -2.50. The quantitative estimate of drug-likeness (QED) is 0.743. The fourth-order valence-electron chi connectivity index (χ4n) is 3.10. The van der Waals surface area contributed by atoms with Crippen molar-refractivity contribution in [1.29, 1.82) is 5.26 Å². The highest BCUT2D eigenvalue weighted by molar-refractivity contribution is 7.99. The first-order valence-electron chi connectivity index (χ1n) is 8.44. The molecule has 2 aromatic rings. The number of rotatable bonds is 5. The largest absolute Gasteiger partial charge is 0.411 e. The molecule has 1 fully saturated rings. The van der Waals surface area contributed by atoms with E-state index in [1.807, 2.05) is 0 Å². The van der Waals surface area contributed by atoms with E-state index in [1.54, 1.807) is 24.1 Å². The highest BCUT2D eigenvalue weighted by Crippen LogP contribution is 2.33. The van der Waals surface area contributed by atoms with Gasteiger partial charge in [0.15, 0.2) is 0 Å². The van der Waals surface area contributed by atoms with Crippen LogP contribution in [-0.4, -0.2) is 39.3 Å². The summed E-state index contributed by atoms with van der Waals surface area (Å²) >= 11 is 1.13. The number of carbonyl (C=O) groups is 1. The van der Waals surface area contributed by atoms with Gasteiger partial charge in [-0.25, -0.2) is 4.39 Å². The second-order valence-corrected chi connectivity index (χ2v) is 7.25. The lowest BCUT2D eigenvalue weighted by molar-refractivity contribution is -0.131. The number of carbonyl (C=O) groups excluding carboxylic acids is 1. The normalized spacial score (nSPS) is 16.0. The molecular formula is C18H19FN4O2S. The smallest absolute Gasteiger partial charge is 0.277 e. The van der Waals surface area contributed by atoms with Gasteiger partial charge in [-0.1, -0.05) is 31.0 Å². The first-order chi connectivity index (χ1) is 12.5. The molecule has 0 unspecified atom stereocenters. The highest BCUT2D eigenvalue weighted by atomic mass is 32.2. The van der Waals surface area contributed by atoms with Crippen molar-refractivity contribution in [2.75, 3.05) is 12.8 Å². The van der Waals surface area contributed by atoms with Gasteiger partial charge in [0.1, 0.15) is 11.4 Å². The van der Waals surface area contributed by atoms with Crippen LogP contribution in [0, 0.1) is 17.1 Å². The number of thioether (sulfide) groups is 1. The van der Waals surface area contributed by atoms with Crippen LogP contribution in [0.5, 0.6) is 0 Å². The van der Waals surface area contributed by atoms with Crippen LogP contribution < -0.4 is 0 Å². The van der Waals surface area contributed by atoms with E-state index in [9.17, 15) is 14.4 Å². The molecule has 136 valence electrons. The average Bonchev–Trinajstić information content (AvgIpc) is 3.15. The van der Waals surface area contributed by atoms with Crippen LogP contribution >= 0.6 is 11.8 Å². The van der Waals surface area contributed by atoms with Gasteiger partial charge < -0.3 is 9.32 Å². The van der Waals surface area contributed by atoms with Crippen molar-refractivity contribution >= 4 is 17.7 Å². The summed E-state index contributed by atoms with van der Waals surface area (Å²) in [6.07, 6.45) is 4.46. The number of nitrogens with zero attached hydrogens (tertiary/aromatic N) is 4. The topological polar surface area (TPSA) is 83.0 Å². The van der Waals surface area contributed by atoms with Crippen molar-refractivity contribution in [2.45, 2.75) is 42.9 Å². The molecule has 1 aliphatic rings. The predicted molar refractivity (Wildman–Crippen MR) is 94.6 cm³/mol. The molecule has 1 aromatic carbocycles. The van der Waals surface area contributed by atoms with Gasteiger partial charge in [0, 0.05) is 12.6 Å². The molecule has 0 bridgehead atoms. The fourth-order valence-corrected chi connectivity index (χ4v) is 3.77. The molecule has 0 atom stereocenters. The maximum absolute atomic E-state index is 13.0. The Morgan fingerprint density at radius 3 is 2.65 bits per heavy atom. The first-order valence-corrected chi connectivity index (χ1v) is 9.43. The second-order valence-electron chi connectivity index (χ2n) is 6.33. The summed E-state index contributed by atoms with van der Waals surface area (Å²) in [6, 6.07) is 8.07. The minimum atomic E-state index is -0.704. The van der Waals surface area contributed by atoms with Crippen molar-refractivity contribution in [3.8, 4) is 17.5 Å². The van der Waals surface area contributed by atoms with E-state index in [4.69, 9.17) is 4.42 Å². The minimum Gasteiger partial charge on any atom is -0.411 e. The molecule has 6 nitrogen and oxygen atoms in total. The molecular weight excluding hydrogens is 355 g/mol. The van der Waals surface area contributed by atoms with E-state index in [0.29, 0.717) is 18.4 Å². The van der Waals surface area contributed by atoms with Gasteiger partial charge in [0.2, 0.25) is 11.8 Å². The minimum absolute atomic E-state index is 0.116. The van der Waals surface area contributed by atoms with Gasteiger partial charge in [-0.3, -0.25) is 4.79 Å². The Morgan fingerprint density at radius 2 is 2.00 bits per heavy atom. The predicted octanol–water partition coefficient (Wildman–Crippen LogP) is 3.65. The molecule has 1 amide bonds. The van der Waals surface area contributed by atoms with Gasteiger partial charge in [0.25, 0.3) is 5.22 Å². The third-order valence-corrected chi connectivity index (χ3v) is 5.52. The number of benzene rings is 1. The third kappa shape index (κ3) is 3.88. The molecule has 0 N–H and O–H groups in total. The molecule has 1 aromatic heterocycles. The number of hydrogen-bond donors (Lipinski definition) is 0. The van der Waals surface area contributed by atoms with Crippen molar-refractivity contribution in [3.05, 3.63) is 30.1 Å². The van der Waals surface area contributed by atoms with Gasteiger partial charge in [0.05, 0.1) is 11.8 Å². The number of nitriles is 1. The summed E-state index contributed by atoms with van der Waals surface area (Å²) < 4.78 is 18.5. The molecule has 8 heteroatoms. The van der Waals surface area contributed by atoms with Crippen LogP contribution in [0.1, 0.15) is 32.1 Å². The molecule has 0 saturated heterocycles. The van der Waals surface area contributed by atoms with Crippen molar-refractivity contribution in [3.63, 3.8) is 0 Å². The summed E-state index contributed by atoms with van der Waals surface area (Å²) in [6.45, 7) is 0. The van der Waals surface area contributed by atoms with Gasteiger partial charge in [-0.05, 0) is 37.1 Å². The molecule has 0 spiro atoms. The Bertz CT molecular complexity index is 809. The van der Waals surface area contributed by atoms with Crippen molar-refractivity contribution in [2.24, 2.45) is 0 Å². The number of hydrogen-bond acceptors (Lipinski definition) is 6. The molecule has 0 radical (unpaired) electrons. The van der Waals surface area contributed by atoms with Crippen LogP contribution in [0.25, 0.3) is 11.5 Å². The summed E-state index contributed by atoms with van der Waals surface area (Å²) in [5.41, 5.74) is -0.0934. The monoisotopic (exact) mass is 374 g/mol. The molecule has 1 heterocycles. The Labute approximate surface area is 155 Å². The van der Waals surface area contributed by atoms with E-state index >= 15 is 0 Å². The second kappa shape index (κ2) is 7.87. The summed E-state index contributed by atoms with van der Waals surface area (Å²) in [5.74, 6) is -0.0926. The van der Waals surface area contributed by atoms with Crippen molar-refractivity contribution < 1.29 is 13.6 Å². The number of amides is 1. The molecule has 0 aliphatic heterocycles. The molecule has 3 rings (SSSR count). The fraction of sp³-hybridized carbons (Fsp3) is 0.444. The van der Waals surface area contributed by atoms with Crippen molar-refractivity contribution in [1.82, 2.24) is 15.1 Å². The lowest BCUT2D eigenvalue weighted by Gasteiger charge is -2.38. The Morgan fingerprint density at radius 1 is 1.31 bits per heavy atom. The summed E-state index contributed by atoms with van der Waals surface area (Å²) in [4.78, 5) is 14.1. The van der Waals surface area contributed by atoms with E-state index in [1.165, 1.54) is 12.1 Å². The molecule has 26 heavy (non-hydrogen) atoms. The van der Waals surface area contributed by atoms with Crippen LogP contribution in [0.2, 0.25) is 0 Å². The van der Waals surface area contributed by atoms with Crippen LogP contribution in [0.15, 0.2) is 33.9 Å². The van der Waals surface area contributed by atoms with Crippen LogP contribution in [0.3, 0.4) is 0 Å². The third-order valence-electron chi connectivity index (χ3n) is 4.72. The number of aromatic nitrogens is 2. The summed E-state index contributed by atoms with van der Waals surface area (Å²) in [5, 5.41) is 17.7. The van der Waals surface area contributed by atoms with Gasteiger partial charge in [-0.2, -0.15) is 5.26 Å². The zero-order valence-corrected chi connectivity index (χ0v) is 15.3. The Balaban J connectivity index is 1.61. The maximum Gasteiger partial charge on any atom is 0.277 e. The van der Waals surface area contributed by atoms with E-state index < -0.39 is 5.54 Å². The van der Waals surface area contributed by atoms with E-state index in [0.717, 1.165) is 31.0 Å². The standard InChI is InChI=1S/C18H19FN4O2S/c1-23(18(12-20)9-3-2-4-10-18)15(24)11-26-17-22-21-16(25-17)13-5-7-14(19)8-6-13/h5-8H,2-4,9-11H2,1H3. The van der Waals surface area contributed by atoms with E-state index in [2.05, 4.69) is 16.3 Å². The van der Waals surface area contributed by atoms with Gasteiger partial charge in [-0.15, -0.1) is 10.2 Å². The van der Waals surface area contributed by atoms with E-state index in [-0.39, 0.29) is 28.6 Å². The zero-order valence-electron chi connectivity index (χ0n) is 14.4. The zero-order chi connectivity index (χ0) is 18.6. The lowest BCUT2D eigenvalue weighted by atomic mass is 9.81. The summed E-state index contributed by atoms with van der Waals surface area (Å²) in [7, 11) is 1.69. The Kier molecular flexibility index (Phi) is 5.57. The SMILES string of the molecule is CN(C(=O)CSc1nnc(-c2ccc(F)cc2)o1)C1(C#N)CCCCC1. The Hall–Kier alpha value is -2.40.